The number of Topliss-reactive ketones (excluding diaryl/α,β-unsaturated/α-hetero) is 2. The average molecular weight is 487 g/mol. The van der Waals surface area contributed by atoms with Crippen LogP contribution in [0.5, 0.6) is 0 Å². The molecule has 0 atom stereocenters. The number of carbonyl (C=O) groups is 3. The number of rotatable bonds is 11. The van der Waals surface area contributed by atoms with Crippen LogP contribution >= 0.6 is 11.3 Å². The zero-order chi connectivity index (χ0) is 24.6. The average Bonchev–Trinajstić information content (AvgIpc) is 3.52. The van der Waals surface area contributed by atoms with Crippen molar-refractivity contribution >= 4 is 28.8 Å². The van der Waals surface area contributed by atoms with Gasteiger partial charge in [0, 0.05) is 66.8 Å². The molecule has 178 valence electrons. The fourth-order valence-electron chi connectivity index (χ4n) is 3.63. The minimum Gasteiger partial charge on any atom is -0.352 e. The van der Waals surface area contributed by atoms with E-state index in [9.17, 15) is 14.4 Å². The predicted octanol–water partition coefficient (Wildman–Crippen LogP) is 4.93. The first-order valence-electron chi connectivity index (χ1n) is 11.4. The third-order valence-electron chi connectivity index (χ3n) is 5.52. The Morgan fingerprint density at radius 1 is 0.914 bits per heavy atom. The lowest BCUT2D eigenvalue weighted by Gasteiger charge is -2.06. The van der Waals surface area contributed by atoms with Crippen LogP contribution in [0, 0.1) is 6.92 Å². The van der Waals surface area contributed by atoms with Gasteiger partial charge in [-0.25, -0.2) is 4.68 Å². The molecule has 4 rings (SSSR count). The number of hydrogen-bond acceptors (Lipinski definition) is 6. The summed E-state index contributed by atoms with van der Waals surface area (Å²) in [6.07, 6.45) is 5.83. The van der Waals surface area contributed by atoms with E-state index < -0.39 is 0 Å². The second-order valence-electron chi connectivity index (χ2n) is 8.17. The topological polar surface area (TPSA) is 94.0 Å². The van der Waals surface area contributed by atoms with Crippen molar-refractivity contribution in [1.29, 1.82) is 0 Å². The number of nitrogens with one attached hydrogen (secondary N) is 1. The highest BCUT2D eigenvalue weighted by Crippen LogP contribution is 2.23. The number of hydrogen-bond donors (Lipinski definition) is 1. The van der Waals surface area contributed by atoms with E-state index in [1.165, 1.54) is 11.3 Å². The van der Waals surface area contributed by atoms with Crippen LogP contribution in [0.3, 0.4) is 0 Å². The molecule has 0 saturated carbocycles. The molecule has 3 heterocycles. The number of para-hydroxylation sites is 1. The van der Waals surface area contributed by atoms with Crippen LogP contribution < -0.4 is 5.32 Å². The highest BCUT2D eigenvalue weighted by atomic mass is 32.1. The molecule has 1 amide bonds. The first-order chi connectivity index (χ1) is 17.0. The Morgan fingerprint density at radius 3 is 2.37 bits per heavy atom. The minimum absolute atomic E-state index is 0.0278. The summed E-state index contributed by atoms with van der Waals surface area (Å²) >= 11 is 1.43. The molecule has 0 bridgehead atoms. The summed E-state index contributed by atoms with van der Waals surface area (Å²) in [5.41, 5.74) is 3.43. The Morgan fingerprint density at radius 2 is 1.66 bits per heavy atom. The fourth-order valence-corrected chi connectivity index (χ4v) is 4.46. The van der Waals surface area contributed by atoms with Gasteiger partial charge in [-0.15, -0.1) is 11.3 Å². The summed E-state index contributed by atoms with van der Waals surface area (Å²) in [5.74, 6) is -0.331. The second kappa shape index (κ2) is 11.5. The number of ketones is 2. The molecule has 0 spiro atoms. The van der Waals surface area contributed by atoms with E-state index >= 15 is 0 Å². The molecule has 8 heteroatoms. The van der Waals surface area contributed by atoms with Crippen molar-refractivity contribution in [2.24, 2.45) is 0 Å². The summed E-state index contributed by atoms with van der Waals surface area (Å²) in [7, 11) is 0. The Hall–Kier alpha value is -3.91. The molecule has 0 saturated heterocycles. The van der Waals surface area contributed by atoms with Crippen molar-refractivity contribution < 1.29 is 14.4 Å². The molecule has 3 aromatic heterocycles. The monoisotopic (exact) mass is 486 g/mol. The van der Waals surface area contributed by atoms with E-state index in [2.05, 4.69) is 10.3 Å². The van der Waals surface area contributed by atoms with E-state index in [1.54, 1.807) is 23.1 Å². The highest BCUT2D eigenvalue weighted by molar-refractivity contribution is 7.14. The lowest BCUT2D eigenvalue weighted by molar-refractivity contribution is -0.125. The van der Waals surface area contributed by atoms with E-state index in [0.29, 0.717) is 4.88 Å². The number of amides is 1. The maximum absolute atomic E-state index is 12.4. The van der Waals surface area contributed by atoms with Crippen LogP contribution in [0.1, 0.15) is 45.8 Å². The molecule has 0 aliphatic carbocycles. The standard InChI is InChI=1S/C27H26N4O3S/c1-19-7-11-25(35-19)24(33)10-8-23(32)9-12-26(34)29-17-21-18-31(22-5-3-2-4-6-22)30-27(21)20-13-15-28-16-14-20/h2-7,11,13-16,18H,8-10,12,17H2,1H3,(H,29,34). The smallest absolute Gasteiger partial charge is 0.220 e. The molecule has 0 radical (unpaired) electrons. The zero-order valence-corrected chi connectivity index (χ0v) is 20.3. The number of nitrogens with zero attached hydrogens (tertiary/aromatic N) is 3. The maximum atomic E-state index is 12.4. The largest absolute Gasteiger partial charge is 0.352 e. The summed E-state index contributed by atoms with van der Waals surface area (Å²) in [4.78, 5) is 42.6. The van der Waals surface area contributed by atoms with Gasteiger partial charge in [-0.3, -0.25) is 19.4 Å². The van der Waals surface area contributed by atoms with Gasteiger partial charge in [0.15, 0.2) is 5.78 Å². The summed E-state index contributed by atoms with van der Waals surface area (Å²) < 4.78 is 1.78. The molecule has 0 fully saturated rings. The quantitative estimate of drug-likeness (QED) is 0.303. The van der Waals surface area contributed by atoms with Gasteiger partial charge in [0.05, 0.1) is 16.3 Å². The lowest BCUT2D eigenvalue weighted by Crippen LogP contribution is -2.23. The van der Waals surface area contributed by atoms with Gasteiger partial charge < -0.3 is 5.32 Å². The lowest BCUT2D eigenvalue weighted by atomic mass is 10.1. The van der Waals surface area contributed by atoms with Gasteiger partial charge in [0.25, 0.3) is 0 Å². The Labute approximate surface area is 207 Å². The zero-order valence-electron chi connectivity index (χ0n) is 19.4. The summed E-state index contributed by atoms with van der Waals surface area (Å²) in [5, 5.41) is 7.62. The number of pyridine rings is 1. The van der Waals surface area contributed by atoms with E-state index in [-0.39, 0.29) is 49.7 Å². The highest BCUT2D eigenvalue weighted by Gasteiger charge is 2.15. The third-order valence-corrected chi connectivity index (χ3v) is 6.56. The number of carbonyl (C=O) groups excluding carboxylic acids is 3. The molecule has 7 nitrogen and oxygen atoms in total. The van der Waals surface area contributed by atoms with Gasteiger partial charge in [0.2, 0.25) is 5.91 Å². The van der Waals surface area contributed by atoms with Crippen molar-refractivity contribution in [2.75, 3.05) is 0 Å². The van der Waals surface area contributed by atoms with Crippen molar-refractivity contribution in [3.8, 4) is 16.9 Å². The summed E-state index contributed by atoms with van der Waals surface area (Å²) in [6.45, 7) is 2.23. The number of aromatic nitrogens is 3. The first kappa shape index (κ1) is 24.2. The van der Waals surface area contributed by atoms with Crippen molar-refractivity contribution in [2.45, 2.75) is 39.2 Å². The van der Waals surface area contributed by atoms with Crippen LogP contribution in [-0.2, 0) is 16.1 Å². The molecule has 4 aromatic rings. The normalized spacial score (nSPS) is 10.8. The van der Waals surface area contributed by atoms with Crippen LogP contribution in [0.25, 0.3) is 16.9 Å². The van der Waals surface area contributed by atoms with Crippen molar-refractivity contribution in [1.82, 2.24) is 20.1 Å². The van der Waals surface area contributed by atoms with Gasteiger partial charge in [-0.05, 0) is 43.3 Å². The molecule has 1 N–H and O–H groups in total. The Bertz CT molecular complexity index is 1310. The molecule has 0 aliphatic rings. The van der Waals surface area contributed by atoms with Gasteiger partial charge in [0.1, 0.15) is 5.78 Å². The van der Waals surface area contributed by atoms with Gasteiger partial charge >= 0.3 is 0 Å². The molecule has 1 aromatic carbocycles. The molecule has 0 aliphatic heterocycles. The van der Waals surface area contributed by atoms with Crippen LogP contribution in [0.15, 0.2) is 73.2 Å². The van der Waals surface area contributed by atoms with E-state index in [0.717, 1.165) is 27.4 Å². The molecular weight excluding hydrogens is 460 g/mol. The Balaban J connectivity index is 1.32. The molecule has 35 heavy (non-hydrogen) atoms. The number of thiophene rings is 1. The third kappa shape index (κ3) is 6.58. The van der Waals surface area contributed by atoms with Crippen LogP contribution in [0.4, 0.5) is 0 Å². The van der Waals surface area contributed by atoms with Gasteiger partial charge in [-0.1, -0.05) is 18.2 Å². The Kier molecular flexibility index (Phi) is 7.95. The molecule has 0 unspecified atom stereocenters. The van der Waals surface area contributed by atoms with Gasteiger partial charge in [-0.2, -0.15) is 5.10 Å². The van der Waals surface area contributed by atoms with E-state index in [1.807, 2.05) is 61.7 Å². The fraction of sp³-hybridized carbons (Fsp3) is 0.222. The number of benzene rings is 1. The van der Waals surface area contributed by atoms with Crippen molar-refractivity contribution in [3.63, 3.8) is 0 Å². The second-order valence-corrected chi connectivity index (χ2v) is 9.46. The minimum atomic E-state index is -0.216. The van der Waals surface area contributed by atoms with Crippen LogP contribution in [0.2, 0.25) is 0 Å². The maximum Gasteiger partial charge on any atom is 0.220 e. The number of aryl methyl sites for hydroxylation is 1. The summed E-state index contributed by atoms with van der Waals surface area (Å²) in [6, 6.07) is 17.2. The predicted molar refractivity (Wildman–Crippen MR) is 136 cm³/mol. The van der Waals surface area contributed by atoms with Crippen molar-refractivity contribution in [3.05, 3.63) is 88.5 Å². The van der Waals surface area contributed by atoms with Crippen LogP contribution in [-0.4, -0.2) is 32.2 Å². The molecular formula is C27H26N4O3S. The first-order valence-corrected chi connectivity index (χ1v) is 12.2. The SMILES string of the molecule is Cc1ccc(C(=O)CCC(=O)CCC(=O)NCc2cn(-c3ccccc3)nc2-c2ccncc2)s1. The van der Waals surface area contributed by atoms with E-state index in [4.69, 9.17) is 5.10 Å².